The van der Waals surface area contributed by atoms with Gasteiger partial charge in [-0.2, -0.15) is 0 Å². The fourth-order valence-electron chi connectivity index (χ4n) is 3.33. The van der Waals surface area contributed by atoms with Crippen LogP contribution in [0.5, 0.6) is 0 Å². The van der Waals surface area contributed by atoms with Gasteiger partial charge in [0.2, 0.25) is 0 Å². The van der Waals surface area contributed by atoms with E-state index in [1.54, 1.807) is 9.81 Å². The summed E-state index contributed by atoms with van der Waals surface area (Å²) >= 11 is -3.04. The first kappa shape index (κ1) is 15.4. The predicted molar refractivity (Wildman–Crippen MR) is 99.1 cm³/mol. The summed E-state index contributed by atoms with van der Waals surface area (Å²) in [5, 5.41) is 0. The Hall–Kier alpha value is -1.46. The zero-order chi connectivity index (χ0) is 15.4. The molecule has 1 heteroatoms. The van der Waals surface area contributed by atoms with Gasteiger partial charge < -0.3 is 0 Å². The SMILES string of the molecule is C[CH](C)[Bi]([c]1ccccc1)([c]1ccccc1)[c]1ccccc1. The molecule has 111 valence electrons. The van der Waals surface area contributed by atoms with Crippen LogP contribution in [0.1, 0.15) is 13.8 Å². The molecule has 0 fully saturated rings. The molecule has 0 atom stereocenters. The van der Waals surface area contributed by atoms with Crippen molar-refractivity contribution in [2.75, 3.05) is 0 Å². The second kappa shape index (κ2) is 6.75. The Balaban J connectivity index is 2.34. The van der Waals surface area contributed by atoms with E-state index in [4.69, 9.17) is 0 Å². The molecule has 0 aromatic heterocycles. The number of hydrogen-bond donors (Lipinski definition) is 0. The second-order valence-electron chi connectivity index (χ2n) is 5.82. The zero-order valence-corrected chi connectivity index (χ0v) is 16.7. The minimum absolute atomic E-state index is 0.659. The predicted octanol–water partition coefficient (Wildman–Crippen LogP) is 3.57. The topological polar surface area (TPSA) is 0 Å². The van der Waals surface area contributed by atoms with Gasteiger partial charge in [0.25, 0.3) is 0 Å². The molecule has 3 rings (SSSR count). The summed E-state index contributed by atoms with van der Waals surface area (Å²) in [4.78, 5) is 0. The average molecular weight is 483 g/mol. The Morgan fingerprint density at radius 3 is 1.00 bits per heavy atom. The Morgan fingerprint density at radius 2 is 0.773 bits per heavy atom. The van der Waals surface area contributed by atoms with Gasteiger partial charge in [0.1, 0.15) is 0 Å². The third kappa shape index (κ3) is 2.63. The van der Waals surface area contributed by atoms with Crippen molar-refractivity contribution in [2.45, 2.75) is 17.5 Å². The van der Waals surface area contributed by atoms with Gasteiger partial charge >= 0.3 is 139 Å². The van der Waals surface area contributed by atoms with E-state index in [2.05, 4.69) is 105 Å². The maximum absolute atomic E-state index is 3.04. The molecule has 0 unspecified atom stereocenters. The van der Waals surface area contributed by atoms with Crippen LogP contribution in [0.2, 0.25) is 3.63 Å². The van der Waals surface area contributed by atoms with Crippen molar-refractivity contribution in [1.82, 2.24) is 0 Å². The third-order valence-corrected chi connectivity index (χ3v) is 23.3. The van der Waals surface area contributed by atoms with E-state index >= 15 is 0 Å². The standard InChI is InChI=1S/3C6H5.C3H7.Bi/c3*1-2-4-6-5-3-1;1-3-2;/h3*1-5H;3H,1-2H3;. The summed E-state index contributed by atoms with van der Waals surface area (Å²) in [5.41, 5.74) is 0. The Morgan fingerprint density at radius 1 is 0.500 bits per heavy atom. The van der Waals surface area contributed by atoms with Crippen molar-refractivity contribution in [3.05, 3.63) is 91.0 Å². The van der Waals surface area contributed by atoms with Crippen LogP contribution in [-0.2, 0) is 0 Å². The van der Waals surface area contributed by atoms with Crippen molar-refractivity contribution in [3.8, 4) is 0 Å². The summed E-state index contributed by atoms with van der Waals surface area (Å²) in [7, 11) is 0. The third-order valence-electron chi connectivity index (χ3n) is 4.26. The van der Waals surface area contributed by atoms with Gasteiger partial charge in [-0.1, -0.05) is 0 Å². The van der Waals surface area contributed by atoms with E-state index in [9.17, 15) is 0 Å². The summed E-state index contributed by atoms with van der Waals surface area (Å²) in [5.74, 6) is 0. The molecule has 0 heterocycles. The van der Waals surface area contributed by atoms with Crippen LogP contribution in [0.25, 0.3) is 0 Å². The van der Waals surface area contributed by atoms with Crippen LogP contribution >= 0.6 is 0 Å². The van der Waals surface area contributed by atoms with Crippen LogP contribution in [0.15, 0.2) is 91.0 Å². The van der Waals surface area contributed by atoms with Crippen LogP contribution in [0.3, 0.4) is 0 Å². The number of benzene rings is 3. The summed E-state index contributed by atoms with van der Waals surface area (Å²) in [6.45, 7) is 4.82. The molecule has 0 spiro atoms. The van der Waals surface area contributed by atoms with Crippen molar-refractivity contribution in [3.63, 3.8) is 0 Å². The molecule has 1 radical (unpaired) electrons. The first-order valence-electron chi connectivity index (χ1n) is 7.82. The van der Waals surface area contributed by atoms with Gasteiger partial charge in [-0.05, 0) is 0 Å². The van der Waals surface area contributed by atoms with E-state index in [0.29, 0.717) is 3.63 Å². The summed E-state index contributed by atoms with van der Waals surface area (Å²) < 4.78 is 5.35. The van der Waals surface area contributed by atoms with Gasteiger partial charge in [-0.25, -0.2) is 0 Å². The van der Waals surface area contributed by atoms with Gasteiger partial charge in [0.05, 0.1) is 0 Å². The average Bonchev–Trinajstić information content (AvgIpc) is 2.58. The number of hydrogen-bond acceptors (Lipinski definition) is 0. The van der Waals surface area contributed by atoms with Crippen LogP contribution < -0.4 is 9.81 Å². The molecule has 0 nitrogen and oxygen atoms in total. The maximum atomic E-state index is 2.41. The molecule has 3 aromatic rings. The fourth-order valence-corrected chi connectivity index (χ4v) is 21.3. The first-order valence-corrected chi connectivity index (χ1v) is 15.0. The zero-order valence-electron chi connectivity index (χ0n) is 13.2. The van der Waals surface area contributed by atoms with E-state index in [1.807, 2.05) is 0 Å². The van der Waals surface area contributed by atoms with Crippen molar-refractivity contribution < 1.29 is 0 Å². The Kier molecular flexibility index (Phi) is 4.74. The molecule has 0 bridgehead atoms. The van der Waals surface area contributed by atoms with Crippen molar-refractivity contribution in [1.29, 1.82) is 0 Å². The molecule has 0 aliphatic heterocycles. The fraction of sp³-hybridized carbons (Fsp3) is 0.143. The Bertz CT molecular complexity index is 606. The normalized spacial score (nSPS) is 11.6. The van der Waals surface area contributed by atoms with E-state index in [-0.39, 0.29) is 0 Å². The molecular formula is C21H22Bi. The van der Waals surface area contributed by atoms with E-state index in [0.717, 1.165) is 0 Å². The molecule has 0 N–H and O–H groups in total. The van der Waals surface area contributed by atoms with Gasteiger partial charge in [0, 0.05) is 0 Å². The summed E-state index contributed by atoms with van der Waals surface area (Å²) in [6, 6.07) is 33.6. The monoisotopic (exact) mass is 483 g/mol. The van der Waals surface area contributed by atoms with Crippen LogP contribution in [0, 0.1) is 0 Å². The molecule has 3 aromatic carbocycles. The van der Waals surface area contributed by atoms with Gasteiger partial charge in [-0.3, -0.25) is 0 Å². The molecule has 0 saturated heterocycles. The Labute approximate surface area is 138 Å². The van der Waals surface area contributed by atoms with Crippen LogP contribution in [-0.4, -0.2) is 20.3 Å². The van der Waals surface area contributed by atoms with E-state index in [1.165, 1.54) is 0 Å². The number of rotatable bonds is 4. The minimum atomic E-state index is -3.04. The van der Waals surface area contributed by atoms with Crippen molar-refractivity contribution >= 4 is 30.1 Å². The molecular weight excluding hydrogens is 461 g/mol. The molecule has 0 aliphatic rings. The van der Waals surface area contributed by atoms with E-state index < -0.39 is 20.3 Å². The second-order valence-corrected chi connectivity index (χ2v) is 21.5. The van der Waals surface area contributed by atoms with Crippen molar-refractivity contribution in [2.24, 2.45) is 0 Å². The molecule has 0 amide bonds. The molecule has 0 aliphatic carbocycles. The van der Waals surface area contributed by atoms with Gasteiger partial charge in [0.15, 0.2) is 0 Å². The first-order chi connectivity index (χ1) is 10.8. The van der Waals surface area contributed by atoms with Crippen LogP contribution in [0.4, 0.5) is 0 Å². The molecule has 22 heavy (non-hydrogen) atoms. The summed E-state index contributed by atoms with van der Waals surface area (Å²) in [6.07, 6.45) is 0. The quantitative estimate of drug-likeness (QED) is 0.498. The molecule has 0 saturated carbocycles. The van der Waals surface area contributed by atoms with Gasteiger partial charge in [-0.15, -0.1) is 0 Å².